The average Bonchev–Trinajstić information content (AvgIpc) is 2.59. The minimum absolute atomic E-state index is 0.0706. The van der Waals surface area contributed by atoms with Crippen LogP contribution in [-0.4, -0.2) is 15.9 Å². The van der Waals surface area contributed by atoms with Crippen molar-refractivity contribution >= 4 is 22.6 Å². The molecule has 2 aromatic carbocycles. The van der Waals surface area contributed by atoms with Gasteiger partial charge < -0.3 is 14.6 Å². The third-order valence-electron chi connectivity index (χ3n) is 3.45. The van der Waals surface area contributed by atoms with E-state index in [9.17, 15) is 20.0 Å². The van der Waals surface area contributed by atoms with Crippen molar-refractivity contribution in [3.63, 3.8) is 0 Å². The van der Waals surface area contributed by atoms with E-state index in [-0.39, 0.29) is 17.9 Å². The number of carboxylic acid groups (broad SMARTS) is 1. The van der Waals surface area contributed by atoms with E-state index in [1.54, 1.807) is 30.5 Å². The number of fused-ring (bicyclic) bond motifs is 1. The van der Waals surface area contributed by atoms with Gasteiger partial charge in [-0.3, -0.25) is 15.1 Å². The maximum atomic E-state index is 11.0. The third-order valence-corrected chi connectivity index (χ3v) is 3.45. The predicted octanol–water partition coefficient (Wildman–Crippen LogP) is 2.09. The molecule has 0 bridgehead atoms. The number of benzene rings is 2. The summed E-state index contributed by atoms with van der Waals surface area (Å²) in [7, 11) is 0. The molecule has 0 saturated carbocycles. The largest absolute Gasteiger partial charge is 0.545 e. The molecule has 3 rings (SSSR count). The minimum atomic E-state index is -1.25. The zero-order valence-corrected chi connectivity index (χ0v) is 12.3. The van der Waals surface area contributed by atoms with E-state index < -0.39 is 10.9 Å². The van der Waals surface area contributed by atoms with Gasteiger partial charge >= 0.3 is 0 Å². The van der Waals surface area contributed by atoms with Crippen molar-refractivity contribution in [1.29, 1.82) is 0 Å². The number of carbonyl (C=O) groups excluding carboxylic acids is 1. The molecule has 24 heavy (non-hydrogen) atoms. The summed E-state index contributed by atoms with van der Waals surface area (Å²) in [6.45, 7) is 0.125. The average molecular weight is 323 g/mol. The SMILES string of the molecule is O=C([O-])c1ccc(COc2cc([N+](=O)[O-])cc3cccnc23)cc1. The summed E-state index contributed by atoms with van der Waals surface area (Å²) in [4.78, 5) is 25.5. The predicted molar refractivity (Wildman–Crippen MR) is 83.5 cm³/mol. The Bertz CT molecular complexity index is 922. The van der Waals surface area contributed by atoms with Crippen molar-refractivity contribution in [2.24, 2.45) is 0 Å². The summed E-state index contributed by atoms with van der Waals surface area (Å²) >= 11 is 0. The van der Waals surface area contributed by atoms with Gasteiger partial charge in [0, 0.05) is 17.6 Å². The van der Waals surface area contributed by atoms with Crippen molar-refractivity contribution in [2.45, 2.75) is 6.61 Å². The van der Waals surface area contributed by atoms with Crippen LogP contribution in [0.4, 0.5) is 5.69 Å². The highest BCUT2D eigenvalue weighted by Crippen LogP contribution is 2.30. The zero-order valence-electron chi connectivity index (χ0n) is 12.3. The van der Waals surface area contributed by atoms with Crippen LogP contribution in [-0.2, 0) is 6.61 Å². The quantitative estimate of drug-likeness (QED) is 0.526. The Labute approximate surface area is 136 Å². The molecule has 0 atom stereocenters. The van der Waals surface area contributed by atoms with Crippen LogP contribution in [0.25, 0.3) is 10.9 Å². The molecule has 0 radical (unpaired) electrons. The Kier molecular flexibility index (Phi) is 4.07. The van der Waals surface area contributed by atoms with Gasteiger partial charge in [0.1, 0.15) is 12.1 Å². The number of hydrogen-bond donors (Lipinski definition) is 0. The molecule has 3 aromatic rings. The number of non-ortho nitro benzene ring substituents is 1. The van der Waals surface area contributed by atoms with E-state index in [2.05, 4.69) is 4.98 Å². The van der Waals surface area contributed by atoms with Crippen LogP contribution in [0.5, 0.6) is 5.75 Å². The molecule has 0 aliphatic carbocycles. The maximum Gasteiger partial charge on any atom is 0.273 e. The van der Waals surface area contributed by atoms with Crippen molar-refractivity contribution in [2.75, 3.05) is 0 Å². The van der Waals surface area contributed by atoms with E-state index in [0.717, 1.165) is 5.56 Å². The van der Waals surface area contributed by atoms with E-state index in [0.29, 0.717) is 16.7 Å². The van der Waals surface area contributed by atoms with Crippen LogP contribution in [0.2, 0.25) is 0 Å². The molecule has 0 spiro atoms. The summed E-state index contributed by atoms with van der Waals surface area (Å²) in [6, 6.07) is 12.2. The molecule has 0 N–H and O–H groups in total. The molecule has 0 fully saturated rings. The number of nitrogens with zero attached hydrogens (tertiary/aromatic N) is 2. The molecule has 0 saturated heterocycles. The third kappa shape index (κ3) is 3.14. The number of nitro benzene ring substituents is 1. The normalized spacial score (nSPS) is 10.5. The summed E-state index contributed by atoms with van der Waals surface area (Å²) < 4.78 is 5.67. The number of ether oxygens (including phenoxy) is 1. The Hall–Kier alpha value is -3.48. The lowest BCUT2D eigenvalue weighted by molar-refractivity contribution is -0.384. The van der Waals surface area contributed by atoms with Crippen LogP contribution in [0.1, 0.15) is 15.9 Å². The molecule has 0 aliphatic heterocycles. The fourth-order valence-electron chi connectivity index (χ4n) is 2.26. The number of carboxylic acids is 1. The molecular formula is C17H11N2O5-. The first-order valence-electron chi connectivity index (χ1n) is 7.01. The second-order valence-corrected chi connectivity index (χ2v) is 5.05. The monoisotopic (exact) mass is 323 g/mol. The number of rotatable bonds is 5. The molecule has 120 valence electrons. The van der Waals surface area contributed by atoms with E-state index in [1.807, 2.05) is 0 Å². The summed E-state index contributed by atoms with van der Waals surface area (Å²) in [5, 5.41) is 22.4. The number of aromatic carboxylic acids is 1. The second-order valence-electron chi connectivity index (χ2n) is 5.05. The highest BCUT2D eigenvalue weighted by Gasteiger charge is 2.13. The van der Waals surface area contributed by atoms with Crippen LogP contribution < -0.4 is 9.84 Å². The van der Waals surface area contributed by atoms with Crippen molar-refractivity contribution in [3.05, 3.63) is 76.0 Å². The second kappa shape index (κ2) is 6.33. The molecule has 7 heteroatoms. The van der Waals surface area contributed by atoms with E-state index >= 15 is 0 Å². The smallest absolute Gasteiger partial charge is 0.273 e. The van der Waals surface area contributed by atoms with Gasteiger partial charge in [-0.15, -0.1) is 0 Å². The van der Waals surface area contributed by atoms with Gasteiger partial charge in [-0.25, -0.2) is 0 Å². The Morgan fingerprint density at radius 1 is 1.17 bits per heavy atom. The van der Waals surface area contributed by atoms with Gasteiger partial charge in [-0.2, -0.15) is 0 Å². The lowest BCUT2D eigenvalue weighted by atomic mass is 10.1. The lowest BCUT2D eigenvalue weighted by Crippen LogP contribution is -2.22. The fraction of sp³-hybridized carbons (Fsp3) is 0.0588. The van der Waals surface area contributed by atoms with Gasteiger partial charge in [0.15, 0.2) is 5.75 Å². The first-order chi connectivity index (χ1) is 11.5. The van der Waals surface area contributed by atoms with Crippen molar-refractivity contribution < 1.29 is 19.6 Å². The van der Waals surface area contributed by atoms with Crippen LogP contribution in [0, 0.1) is 10.1 Å². The number of nitro groups is 1. The maximum absolute atomic E-state index is 11.0. The molecule has 1 heterocycles. The van der Waals surface area contributed by atoms with Gasteiger partial charge in [-0.05, 0) is 17.2 Å². The summed E-state index contributed by atoms with van der Waals surface area (Å²) in [5.74, 6) is -0.958. The Balaban J connectivity index is 1.89. The first-order valence-corrected chi connectivity index (χ1v) is 7.01. The fourth-order valence-corrected chi connectivity index (χ4v) is 2.26. The van der Waals surface area contributed by atoms with Crippen LogP contribution in [0.3, 0.4) is 0 Å². The Morgan fingerprint density at radius 3 is 2.58 bits per heavy atom. The molecule has 1 aromatic heterocycles. The first kappa shape index (κ1) is 15.4. The topological polar surface area (TPSA) is 105 Å². The molecular weight excluding hydrogens is 312 g/mol. The van der Waals surface area contributed by atoms with Gasteiger partial charge in [0.25, 0.3) is 5.69 Å². The molecule has 0 amide bonds. The lowest BCUT2D eigenvalue weighted by Gasteiger charge is -2.10. The minimum Gasteiger partial charge on any atom is -0.545 e. The molecule has 0 unspecified atom stereocenters. The van der Waals surface area contributed by atoms with Crippen molar-refractivity contribution in [1.82, 2.24) is 4.98 Å². The zero-order chi connectivity index (χ0) is 17.1. The number of aromatic nitrogens is 1. The standard InChI is InChI=1S/C17H12N2O5/c20-17(21)12-5-3-11(4-6-12)10-24-15-9-14(19(22)23)8-13-2-1-7-18-16(13)15/h1-9H,10H2,(H,20,21)/p-1. The number of hydrogen-bond acceptors (Lipinski definition) is 6. The van der Waals surface area contributed by atoms with E-state index in [1.165, 1.54) is 24.3 Å². The van der Waals surface area contributed by atoms with Gasteiger partial charge in [0.05, 0.1) is 17.0 Å². The van der Waals surface area contributed by atoms with Gasteiger partial charge in [-0.1, -0.05) is 30.3 Å². The summed E-state index contributed by atoms with van der Waals surface area (Å²) in [5.41, 5.74) is 1.23. The van der Waals surface area contributed by atoms with Crippen molar-refractivity contribution in [3.8, 4) is 5.75 Å². The van der Waals surface area contributed by atoms with E-state index in [4.69, 9.17) is 4.74 Å². The Morgan fingerprint density at radius 2 is 1.92 bits per heavy atom. The highest BCUT2D eigenvalue weighted by atomic mass is 16.6. The number of carbonyl (C=O) groups is 1. The summed E-state index contributed by atoms with van der Waals surface area (Å²) in [6.07, 6.45) is 1.58. The highest BCUT2D eigenvalue weighted by molar-refractivity contribution is 5.87. The van der Waals surface area contributed by atoms with Crippen LogP contribution >= 0.6 is 0 Å². The number of pyridine rings is 1. The van der Waals surface area contributed by atoms with Crippen LogP contribution in [0.15, 0.2) is 54.7 Å². The molecule has 0 aliphatic rings. The molecule has 7 nitrogen and oxygen atoms in total. The van der Waals surface area contributed by atoms with Gasteiger partial charge in [0.2, 0.25) is 0 Å².